The summed E-state index contributed by atoms with van der Waals surface area (Å²) < 4.78 is 0. The molecule has 6 rings (SSSR count). The van der Waals surface area contributed by atoms with Crippen LogP contribution in [0.15, 0.2) is 36.9 Å². The molecule has 2 saturated carbocycles. The Bertz CT molecular complexity index is 1450. The Balaban J connectivity index is 0.000000219. The highest BCUT2D eigenvalue weighted by atomic mass is 15.2. The van der Waals surface area contributed by atoms with Crippen molar-refractivity contribution in [3.63, 3.8) is 0 Å². The summed E-state index contributed by atoms with van der Waals surface area (Å²) >= 11 is 0. The summed E-state index contributed by atoms with van der Waals surface area (Å²) in [6, 6.07) is 9.94. The Kier molecular flexibility index (Phi) is 12.2. The van der Waals surface area contributed by atoms with Crippen molar-refractivity contribution < 1.29 is 0 Å². The fraction of sp³-hybridized carbons (Fsp3) is 0.538. The van der Waals surface area contributed by atoms with Crippen molar-refractivity contribution in [1.82, 2.24) is 14.9 Å². The maximum absolute atomic E-state index is 9.92. The molecular formula is C39H47N5. The van der Waals surface area contributed by atoms with Gasteiger partial charge < -0.3 is 0 Å². The number of piperidine rings is 1. The maximum Gasteiger partial charge on any atom is 0.0867 e. The number of rotatable bonds is 3. The van der Waals surface area contributed by atoms with Crippen LogP contribution in [0.3, 0.4) is 0 Å². The van der Waals surface area contributed by atoms with Crippen molar-refractivity contribution in [1.29, 1.82) is 10.5 Å². The predicted octanol–water partition coefficient (Wildman–Crippen LogP) is 7.56. The topological polar surface area (TPSA) is 76.6 Å². The zero-order chi connectivity index (χ0) is 32.3. The van der Waals surface area contributed by atoms with Crippen LogP contribution < -0.4 is 0 Å². The van der Waals surface area contributed by atoms with E-state index in [0.717, 1.165) is 72.6 Å². The van der Waals surface area contributed by atoms with Gasteiger partial charge in [0.25, 0.3) is 0 Å². The van der Waals surface area contributed by atoms with Gasteiger partial charge in [-0.1, -0.05) is 58.3 Å². The van der Waals surface area contributed by atoms with Gasteiger partial charge in [0.2, 0.25) is 0 Å². The largest absolute Gasteiger partial charge is 0.284 e. The molecule has 2 aliphatic heterocycles. The van der Waals surface area contributed by atoms with Crippen LogP contribution in [-0.4, -0.2) is 33.0 Å². The molecule has 0 N–H and O–H groups in total. The second kappa shape index (κ2) is 15.6. The van der Waals surface area contributed by atoms with Gasteiger partial charge in [-0.2, -0.15) is 10.5 Å². The number of nitriles is 2. The van der Waals surface area contributed by atoms with Crippen LogP contribution in [0.4, 0.5) is 0 Å². The number of fused-ring (bicyclic) bond motifs is 4. The molecule has 4 aliphatic rings. The highest BCUT2D eigenvalue weighted by molar-refractivity contribution is 5.41. The number of hydrogen-bond acceptors (Lipinski definition) is 5. The van der Waals surface area contributed by atoms with Gasteiger partial charge in [0.15, 0.2) is 0 Å². The molecule has 4 bridgehead atoms. The van der Waals surface area contributed by atoms with Gasteiger partial charge in [0.1, 0.15) is 0 Å². The van der Waals surface area contributed by atoms with Gasteiger partial charge >= 0.3 is 0 Å². The van der Waals surface area contributed by atoms with Gasteiger partial charge in [-0.05, 0) is 87.0 Å². The minimum Gasteiger partial charge on any atom is -0.284 e. The molecule has 2 aromatic heterocycles. The van der Waals surface area contributed by atoms with Gasteiger partial charge in [-0.25, -0.2) is 0 Å². The van der Waals surface area contributed by atoms with E-state index in [-0.39, 0.29) is 11.5 Å². The average molecular weight is 586 g/mol. The molecule has 0 amide bonds. The lowest BCUT2D eigenvalue weighted by atomic mass is 9.66. The standard InChI is InChI=1S/C19H19N3.C16H16N2.2C2H6/c1-4-14(3)22-17-6-7-18(22)10-19(9-17,13-20)16-8-15(5-2)11-21-12-16;1-2-12-6-15(10-18-9-12)16(11-17)7-13-3-4-14(5-13)8-16;2*1-2/h1-2,8,11-12,14,17-18H,6-7,9-10H2,3H3;1,6,9-10,13-14H,3-5,7-8H2;2*1-2H3/t14?,17-,18+,19?;13-,14+,16?;;. The summed E-state index contributed by atoms with van der Waals surface area (Å²) in [5.41, 5.74) is 2.66. The van der Waals surface area contributed by atoms with Crippen molar-refractivity contribution in [2.75, 3.05) is 0 Å². The Morgan fingerprint density at radius 2 is 1.16 bits per heavy atom. The minimum atomic E-state index is -0.490. The molecule has 7 atom stereocenters. The number of hydrogen-bond donors (Lipinski definition) is 0. The molecule has 5 nitrogen and oxygen atoms in total. The Labute approximate surface area is 266 Å². The van der Waals surface area contributed by atoms with Crippen molar-refractivity contribution in [2.45, 2.75) is 121 Å². The van der Waals surface area contributed by atoms with Gasteiger partial charge in [-0.15, -0.1) is 19.3 Å². The van der Waals surface area contributed by atoms with E-state index >= 15 is 0 Å². The lowest BCUT2D eigenvalue weighted by molar-refractivity contribution is 0.0883. The normalized spacial score (nSPS) is 29.9. The zero-order valence-electron chi connectivity index (χ0n) is 27.2. The van der Waals surface area contributed by atoms with E-state index in [1.165, 1.54) is 19.3 Å². The van der Waals surface area contributed by atoms with Gasteiger partial charge in [0, 0.05) is 48.0 Å². The molecule has 5 heteroatoms. The summed E-state index contributed by atoms with van der Waals surface area (Å²) in [5.74, 6) is 9.51. The molecule has 3 unspecified atom stereocenters. The van der Waals surface area contributed by atoms with Crippen molar-refractivity contribution in [3.8, 4) is 49.2 Å². The molecule has 228 valence electrons. The van der Waals surface area contributed by atoms with Crippen LogP contribution >= 0.6 is 0 Å². The van der Waals surface area contributed by atoms with Crippen LogP contribution in [0.25, 0.3) is 0 Å². The van der Waals surface area contributed by atoms with E-state index < -0.39 is 5.41 Å². The van der Waals surface area contributed by atoms with Crippen LogP contribution in [0.1, 0.15) is 115 Å². The second-order valence-electron chi connectivity index (χ2n) is 12.1. The van der Waals surface area contributed by atoms with E-state index in [2.05, 4.69) is 51.7 Å². The van der Waals surface area contributed by atoms with Crippen LogP contribution in [0, 0.1) is 71.5 Å². The second-order valence-corrected chi connectivity index (χ2v) is 12.1. The third kappa shape index (κ3) is 7.00. The fourth-order valence-corrected chi connectivity index (χ4v) is 7.96. The highest BCUT2D eigenvalue weighted by Crippen LogP contribution is 2.51. The predicted molar refractivity (Wildman–Crippen MR) is 178 cm³/mol. The Hall–Kier alpha value is -4.08. The summed E-state index contributed by atoms with van der Waals surface area (Å²) in [5, 5.41) is 19.6. The fourth-order valence-electron chi connectivity index (χ4n) is 7.96. The lowest BCUT2D eigenvalue weighted by Gasteiger charge is -2.44. The highest BCUT2D eigenvalue weighted by Gasteiger charge is 2.51. The third-order valence-electron chi connectivity index (χ3n) is 9.80. The lowest BCUT2D eigenvalue weighted by Crippen LogP contribution is -2.52. The maximum atomic E-state index is 9.92. The molecule has 44 heavy (non-hydrogen) atoms. The number of aromatic nitrogens is 2. The average Bonchev–Trinajstić information content (AvgIpc) is 3.59. The summed E-state index contributed by atoms with van der Waals surface area (Å²) in [6.45, 7) is 10.1. The molecule has 0 aromatic carbocycles. The first-order valence-corrected chi connectivity index (χ1v) is 16.3. The van der Waals surface area contributed by atoms with Crippen molar-refractivity contribution >= 4 is 0 Å². The minimum absolute atomic E-state index is 0.129. The monoisotopic (exact) mass is 585 g/mol. The van der Waals surface area contributed by atoms with E-state index in [4.69, 9.17) is 19.3 Å². The molecule has 2 aromatic rings. The van der Waals surface area contributed by atoms with Crippen LogP contribution in [-0.2, 0) is 10.8 Å². The van der Waals surface area contributed by atoms with E-state index in [9.17, 15) is 10.5 Å². The molecule has 4 fully saturated rings. The summed E-state index contributed by atoms with van der Waals surface area (Å²) in [4.78, 5) is 10.9. The van der Waals surface area contributed by atoms with E-state index in [1.807, 2.05) is 46.0 Å². The first-order chi connectivity index (χ1) is 21.4. The van der Waals surface area contributed by atoms with Crippen molar-refractivity contribution in [2.24, 2.45) is 11.8 Å². The quantitative estimate of drug-likeness (QED) is 0.348. The van der Waals surface area contributed by atoms with Gasteiger partial charge in [-0.3, -0.25) is 14.9 Å². The molecule has 2 saturated heterocycles. The van der Waals surface area contributed by atoms with E-state index in [0.29, 0.717) is 12.1 Å². The molecular weight excluding hydrogens is 538 g/mol. The molecule has 0 radical (unpaired) electrons. The molecule has 0 spiro atoms. The van der Waals surface area contributed by atoms with Crippen LogP contribution in [0.5, 0.6) is 0 Å². The Morgan fingerprint density at radius 1 is 0.727 bits per heavy atom. The summed E-state index contributed by atoms with van der Waals surface area (Å²) in [7, 11) is 0. The van der Waals surface area contributed by atoms with Crippen molar-refractivity contribution in [3.05, 3.63) is 59.2 Å². The first-order valence-electron chi connectivity index (χ1n) is 16.3. The smallest absolute Gasteiger partial charge is 0.0867 e. The Morgan fingerprint density at radius 3 is 1.55 bits per heavy atom. The summed E-state index contributed by atoms with van der Waals surface area (Å²) in [6.07, 6.45) is 33.2. The number of pyridine rings is 2. The van der Waals surface area contributed by atoms with Gasteiger partial charge in [0.05, 0.1) is 29.0 Å². The third-order valence-corrected chi connectivity index (χ3v) is 9.80. The SMILES string of the molecule is C#Cc1cncc(C2(C#N)C[C@@H]3CC[C@@H](C3)C2)c1.C#Cc1cncc(C2(C#N)C[C@H]3CC[C@@H](C2)N3C(C)C#C)c1.CC.CC. The molecule has 4 heterocycles. The number of nitrogens with zero attached hydrogens (tertiary/aromatic N) is 5. The van der Waals surface area contributed by atoms with E-state index in [1.54, 1.807) is 18.6 Å². The molecule has 2 aliphatic carbocycles. The zero-order valence-corrected chi connectivity index (χ0v) is 27.2. The first kappa shape index (κ1) is 34.4. The number of terminal acetylenes is 3. The van der Waals surface area contributed by atoms with Crippen LogP contribution in [0.2, 0.25) is 0 Å².